The summed E-state index contributed by atoms with van der Waals surface area (Å²) < 4.78 is 95.7. The number of halogens is 9. The van der Waals surface area contributed by atoms with Gasteiger partial charge in [-0.15, -0.1) is 0 Å². The second-order valence-corrected chi connectivity index (χ2v) is 9.60. The average Bonchev–Trinajstić information content (AvgIpc) is 3.20. The van der Waals surface area contributed by atoms with Crippen molar-refractivity contribution in [3.8, 4) is 5.75 Å². The van der Waals surface area contributed by atoms with Crippen LogP contribution in [-0.2, 0) is 0 Å². The number of rotatable bonds is 6. The molecule has 6 nitrogen and oxygen atoms in total. The first-order valence-corrected chi connectivity index (χ1v) is 12.0. The van der Waals surface area contributed by atoms with E-state index < -0.39 is 48.4 Å². The number of hydrogen-bond donors (Lipinski definition) is 3. The maximum Gasteiger partial charge on any atom is 0.422 e. The van der Waals surface area contributed by atoms with Crippen molar-refractivity contribution in [1.82, 2.24) is 15.3 Å². The van der Waals surface area contributed by atoms with Gasteiger partial charge in [0.2, 0.25) is 5.95 Å². The number of H-pyrrole nitrogens is 1. The molecule has 4 rings (SSSR count). The van der Waals surface area contributed by atoms with E-state index in [9.17, 15) is 35.5 Å². The van der Waals surface area contributed by atoms with Crippen LogP contribution >= 0.6 is 23.2 Å². The number of nitrogens with zero attached hydrogens (tertiary/aromatic N) is 1. The van der Waals surface area contributed by atoms with E-state index in [1.54, 1.807) is 0 Å². The number of carbonyl (C=O) groups excluding carboxylic acids is 1. The summed E-state index contributed by atoms with van der Waals surface area (Å²) in [5.41, 5.74) is 0.152. The van der Waals surface area contributed by atoms with Crippen molar-refractivity contribution in [2.75, 3.05) is 11.9 Å². The van der Waals surface area contributed by atoms with Gasteiger partial charge in [0.1, 0.15) is 11.6 Å². The summed E-state index contributed by atoms with van der Waals surface area (Å²) in [4.78, 5) is 20.0. The summed E-state index contributed by atoms with van der Waals surface area (Å²) in [6.07, 6.45) is -9.25. The minimum absolute atomic E-state index is 0.0280. The van der Waals surface area contributed by atoms with E-state index >= 15 is 0 Å². The van der Waals surface area contributed by atoms with E-state index in [0.29, 0.717) is 0 Å². The van der Waals surface area contributed by atoms with Gasteiger partial charge in [-0.05, 0) is 43.9 Å². The molecule has 0 bridgehead atoms. The molecule has 1 aliphatic rings. The van der Waals surface area contributed by atoms with Crippen LogP contribution in [0.25, 0.3) is 11.0 Å². The molecule has 206 valence electrons. The maximum absolute atomic E-state index is 13.5. The van der Waals surface area contributed by atoms with Crippen molar-refractivity contribution in [3.05, 3.63) is 45.7 Å². The van der Waals surface area contributed by atoms with Gasteiger partial charge in [0, 0.05) is 12.1 Å². The van der Waals surface area contributed by atoms with Gasteiger partial charge in [-0.3, -0.25) is 4.79 Å². The summed E-state index contributed by atoms with van der Waals surface area (Å²) in [6.45, 7) is -1.69. The van der Waals surface area contributed by atoms with Gasteiger partial charge < -0.3 is 20.4 Å². The third-order valence-electron chi connectivity index (χ3n) is 5.99. The molecule has 1 saturated carbocycles. The number of imidazole rings is 1. The predicted molar refractivity (Wildman–Crippen MR) is 127 cm³/mol. The topological polar surface area (TPSA) is 79.0 Å². The number of hydrogen-bond acceptors (Lipinski definition) is 4. The summed E-state index contributed by atoms with van der Waals surface area (Å²) in [7, 11) is 0. The zero-order chi connectivity index (χ0) is 27.8. The summed E-state index contributed by atoms with van der Waals surface area (Å²) in [5, 5.41) is 5.21. The van der Waals surface area contributed by atoms with Crippen LogP contribution in [0.1, 0.15) is 36.0 Å². The number of nitrogens with one attached hydrogen (secondary N) is 3. The second-order valence-electron chi connectivity index (χ2n) is 8.79. The van der Waals surface area contributed by atoms with Crippen molar-refractivity contribution in [1.29, 1.82) is 0 Å². The Kier molecular flexibility index (Phi) is 7.89. The Balaban J connectivity index is 1.59. The number of anilines is 2. The lowest BCUT2D eigenvalue weighted by atomic mass is 9.85. The summed E-state index contributed by atoms with van der Waals surface area (Å²) >= 11 is 12.0. The van der Waals surface area contributed by atoms with Gasteiger partial charge in [0.15, 0.2) is 6.61 Å². The highest BCUT2D eigenvalue weighted by atomic mass is 35.5. The molecular weight excluding hydrogens is 568 g/mol. The molecule has 1 heterocycles. The van der Waals surface area contributed by atoms with Gasteiger partial charge in [-0.1, -0.05) is 23.2 Å². The van der Waals surface area contributed by atoms with Crippen molar-refractivity contribution < 1.29 is 40.3 Å². The molecular formula is C23H19Cl2F7N4O2. The Morgan fingerprint density at radius 1 is 1.03 bits per heavy atom. The molecule has 15 heteroatoms. The molecule has 2 aromatic carbocycles. The van der Waals surface area contributed by atoms with E-state index in [1.165, 1.54) is 6.07 Å². The van der Waals surface area contributed by atoms with E-state index in [0.717, 1.165) is 18.2 Å². The largest absolute Gasteiger partial charge is 0.483 e. The van der Waals surface area contributed by atoms with Crippen LogP contribution in [0.2, 0.25) is 10.0 Å². The second kappa shape index (κ2) is 10.7. The van der Waals surface area contributed by atoms with Crippen LogP contribution in [0, 0.1) is 11.7 Å². The molecule has 3 aromatic rings. The Morgan fingerprint density at radius 2 is 1.66 bits per heavy atom. The zero-order valence-corrected chi connectivity index (χ0v) is 20.7. The molecule has 0 spiro atoms. The van der Waals surface area contributed by atoms with E-state index in [4.69, 9.17) is 27.9 Å². The molecule has 0 unspecified atom stereocenters. The molecule has 1 fully saturated rings. The van der Waals surface area contributed by atoms with E-state index in [-0.39, 0.29) is 64.0 Å². The van der Waals surface area contributed by atoms with Crippen LogP contribution < -0.4 is 15.4 Å². The standard InChI is InChI=1S/C23H19Cl2F7N4O2/c24-14-5-11(26)6-15(25)19(14)36-21-34-16-7-13(18(8-17(16)35-21)38-9-22(27,28)29)20(37)33-12-3-1-10(2-4-12)23(30,31)32/h5-8,10,12H,1-4,9H2,(H,33,37)(H2,34,35,36)/t10-,12-. The van der Waals surface area contributed by atoms with Gasteiger partial charge in [-0.2, -0.15) is 26.3 Å². The van der Waals surface area contributed by atoms with E-state index in [1.807, 2.05) is 0 Å². The van der Waals surface area contributed by atoms with Crippen molar-refractivity contribution >= 4 is 51.8 Å². The highest BCUT2D eigenvalue weighted by molar-refractivity contribution is 6.39. The lowest BCUT2D eigenvalue weighted by molar-refractivity contribution is -0.182. The third-order valence-corrected chi connectivity index (χ3v) is 6.59. The first-order valence-electron chi connectivity index (χ1n) is 11.2. The fourth-order valence-corrected chi connectivity index (χ4v) is 4.72. The molecule has 0 radical (unpaired) electrons. The lowest BCUT2D eigenvalue weighted by Gasteiger charge is -2.30. The van der Waals surface area contributed by atoms with Gasteiger partial charge >= 0.3 is 12.4 Å². The monoisotopic (exact) mass is 586 g/mol. The van der Waals surface area contributed by atoms with Gasteiger partial charge in [0.05, 0.1) is 38.2 Å². The van der Waals surface area contributed by atoms with Crippen LogP contribution in [0.5, 0.6) is 5.75 Å². The van der Waals surface area contributed by atoms with Gasteiger partial charge in [0.25, 0.3) is 5.91 Å². The van der Waals surface area contributed by atoms with Crippen molar-refractivity contribution in [2.45, 2.75) is 44.1 Å². The van der Waals surface area contributed by atoms with Crippen molar-refractivity contribution in [3.63, 3.8) is 0 Å². The first-order chi connectivity index (χ1) is 17.7. The fraction of sp³-hybridized carbons (Fsp3) is 0.391. The lowest BCUT2D eigenvalue weighted by Crippen LogP contribution is -2.40. The number of ether oxygens (including phenoxy) is 1. The third kappa shape index (κ3) is 6.73. The Morgan fingerprint density at radius 3 is 2.24 bits per heavy atom. The highest BCUT2D eigenvalue weighted by Crippen LogP contribution is 2.38. The minimum Gasteiger partial charge on any atom is -0.483 e. The quantitative estimate of drug-likeness (QED) is 0.261. The van der Waals surface area contributed by atoms with E-state index in [2.05, 4.69) is 20.6 Å². The maximum atomic E-state index is 13.5. The number of carbonyl (C=O) groups is 1. The van der Waals surface area contributed by atoms with Gasteiger partial charge in [-0.25, -0.2) is 9.37 Å². The fourth-order valence-electron chi connectivity index (χ4n) is 4.16. The molecule has 0 aliphatic heterocycles. The average molecular weight is 587 g/mol. The molecule has 38 heavy (non-hydrogen) atoms. The van der Waals surface area contributed by atoms with Crippen LogP contribution in [-0.4, -0.2) is 40.9 Å². The zero-order valence-electron chi connectivity index (χ0n) is 19.2. The molecule has 3 N–H and O–H groups in total. The Labute approximate surface area is 220 Å². The number of aromatic amines is 1. The number of aromatic nitrogens is 2. The molecule has 0 saturated heterocycles. The molecule has 1 aromatic heterocycles. The normalized spacial score (nSPS) is 18.4. The predicted octanol–water partition coefficient (Wildman–Crippen LogP) is 7.54. The Bertz CT molecular complexity index is 1310. The Hall–Kier alpha value is -2.93. The number of alkyl halides is 6. The molecule has 0 atom stereocenters. The minimum atomic E-state index is -4.70. The first kappa shape index (κ1) is 28.1. The number of fused-ring (bicyclic) bond motifs is 1. The SMILES string of the molecule is O=C(N[C@H]1CC[C@H](C(F)(F)F)CC1)c1cc2nc(Nc3c(Cl)cc(F)cc3Cl)[nH]c2cc1OCC(F)(F)F. The molecule has 1 amide bonds. The number of benzene rings is 2. The smallest absolute Gasteiger partial charge is 0.422 e. The number of amides is 1. The van der Waals surface area contributed by atoms with Crippen molar-refractivity contribution in [2.24, 2.45) is 5.92 Å². The molecule has 1 aliphatic carbocycles. The highest BCUT2D eigenvalue weighted by Gasteiger charge is 2.41. The van der Waals surface area contributed by atoms with Crippen LogP contribution in [0.4, 0.5) is 42.4 Å². The van der Waals surface area contributed by atoms with Crippen LogP contribution in [0.3, 0.4) is 0 Å². The summed E-state index contributed by atoms with van der Waals surface area (Å²) in [6, 6.07) is 3.75. The summed E-state index contributed by atoms with van der Waals surface area (Å²) in [5.74, 6) is -3.34. The van der Waals surface area contributed by atoms with Crippen LogP contribution in [0.15, 0.2) is 24.3 Å².